The molecule has 5 nitrogen and oxygen atoms in total. The molecule has 1 heterocycles. The summed E-state index contributed by atoms with van der Waals surface area (Å²) in [5.74, 6) is 0.944. The van der Waals surface area contributed by atoms with E-state index in [0.717, 1.165) is 24.9 Å². The average Bonchev–Trinajstić information content (AvgIpc) is 2.62. The largest absolute Gasteiger partial charge is 0.352 e. The first-order valence-corrected chi connectivity index (χ1v) is 9.03. The smallest absolute Gasteiger partial charge is 0.254 e. The molecule has 134 valence electrons. The number of hydrogen-bond donors (Lipinski definition) is 2. The minimum absolute atomic E-state index is 0.129. The molecule has 0 radical (unpaired) electrons. The van der Waals surface area contributed by atoms with Crippen LogP contribution in [-0.4, -0.2) is 22.4 Å². The van der Waals surface area contributed by atoms with Crippen LogP contribution < -0.4 is 10.6 Å². The van der Waals surface area contributed by atoms with Crippen molar-refractivity contribution < 1.29 is 4.79 Å². The molecule has 25 heavy (non-hydrogen) atoms. The van der Waals surface area contributed by atoms with Crippen molar-refractivity contribution in [3.63, 3.8) is 0 Å². The summed E-state index contributed by atoms with van der Waals surface area (Å²) in [5.41, 5.74) is 4.02. The van der Waals surface area contributed by atoms with E-state index in [4.69, 9.17) is 0 Å². The number of aryl methyl sites for hydroxylation is 2. The lowest BCUT2D eigenvalue weighted by Gasteiger charge is -2.14. The van der Waals surface area contributed by atoms with Crippen molar-refractivity contribution in [1.29, 1.82) is 0 Å². The zero-order valence-corrected chi connectivity index (χ0v) is 15.6. The number of carbonyl (C=O) groups is 1. The standard InChI is InChI=1S/C20H28N4O/c1-5-15-8-7-9-16(6-2)18(15)24-20-22-12-17(13-23-20)19(25)21-11-10-14(3)4/h7-9,12-14H,5-6,10-11H2,1-4H3,(H,21,25)(H,22,23,24). The normalized spacial score (nSPS) is 10.8. The summed E-state index contributed by atoms with van der Waals surface area (Å²) in [4.78, 5) is 20.7. The molecule has 0 spiro atoms. The molecule has 0 saturated carbocycles. The van der Waals surface area contributed by atoms with Crippen LogP contribution in [0.3, 0.4) is 0 Å². The van der Waals surface area contributed by atoms with E-state index in [2.05, 4.69) is 66.5 Å². The predicted octanol–water partition coefficient (Wildman–Crippen LogP) is 4.12. The summed E-state index contributed by atoms with van der Waals surface area (Å²) in [6, 6.07) is 6.30. The third-order valence-corrected chi connectivity index (χ3v) is 4.16. The maximum absolute atomic E-state index is 12.1. The van der Waals surface area contributed by atoms with Crippen LogP contribution in [0.25, 0.3) is 0 Å². The number of para-hydroxylation sites is 1. The van der Waals surface area contributed by atoms with E-state index in [0.29, 0.717) is 24.0 Å². The van der Waals surface area contributed by atoms with Gasteiger partial charge in [-0.1, -0.05) is 45.9 Å². The first-order valence-electron chi connectivity index (χ1n) is 9.03. The van der Waals surface area contributed by atoms with Crippen molar-refractivity contribution >= 4 is 17.5 Å². The van der Waals surface area contributed by atoms with E-state index in [-0.39, 0.29) is 5.91 Å². The molecule has 0 aliphatic rings. The Balaban J connectivity index is 2.07. The number of rotatable bonds is 8. The highest BCUT2D eigenvalue weighted by Crippen LogP contribution is 2.24. The maximum atomic E-state index is 12.1. The topological polar surface area (TPSA) is 66.9 Å². The van der Waals surface area contributed by atoms with Gasteiger partial charge < -0.3 is 10.6 Å². The number of benzene rings is 1. The minimum Gasteiger partial charge on any atom is -0.352 e. The van der Waals surface area contributed by atoms with Gasteiger partial charge in [-0.05, 0) is 36.3 Å². The van der Waals surface area contributed by atoms with Gasteiger partial charge in [0.2, 0.25) is 5.95 Å². The number of hydrogen-bond acceptors (Lipinski definition) is 4. The van der Waals surface area contributed by atoms with Crippen molar-refractivity contribution in [1.82, 2.24) is 15.3 Å². The number of nitrogens with one attached hydrogen (secondary N) is 2. The van der Waals surface area contributed by atoms with Crippen LogP contribution in [-0.2, 0) is 12.8 Å². The summed E-state index contributed by atoms with van der Waals surface area (Å²) in [6.07, 6.45) is 5.97. The maximum Gasteiger partial charge on any atom is 0.254 e. The third kappa shape index (κ3) is 5.28. The molecule has 0 bridgehead atoms. The van der Waals surface area contributed by atoms with Gasteiger partial charge in [-0.15, -0.1) is 0 Å². The van der Waals surface area contributed by atoms with Crippen molar-refractivity contribution in [2.75, 3.05) is 11.9 Å². The average molecular weight is 340 g/mol. The van der Waals surface area contributed by atoms with Gasteiger partial charge in [-0.3, -0.25) is 4.79 Å². The van der Waals surface area contributed by atoms with Crippen molar-refractivity contribution in [3.05, 3.63) is 47.3 Å². The Morgan fingerprint density at radius 2 is 1.68 bits per heavy atom. The van der Waals surface area contributed by atoms with E-state index in [1.165, 1.54) is 11.1 Å². The molecule has 0 fully saturated rings. The molecule has 1 aromatic carbocycles. The predicted molar refractivity (Wildman–Crippen MR) is 102 cm³/mol. The van der Waals surface area contributed by atoms with Gasteiger partial charge in [-0.2, -0.15) is 0 Å². The number of amides is 1. The van der Waals surface area contributed by atoms with Gasteiger partial charge in [0.1, 0.15) is 0 Å². The molecule has 2 rings (SSSR count). The molecule has 0 aliphatic heterocycles. The van der Waals surface area contributed by atoms with E-state index in [9.17, 15) is 4.79 Å². The minimum atomic E-state index is -0.129. The SMILES string of the molecule is CCc1cccc(CC)c1Nc1ncc(C(=O)NCCC(C)C)cn1. The Kier molecular flexibility index (Phi) is 6.92. The van der Waals surface area contributed by atoms with Crippen LogP contribution in [0, 0.1) is 5.92 Å². The van der Waals surface area contributed by atoms with Gasteiger partial charge >= 0.3 is 0 Å². The Hall–Kier alpha value is -2.43. The summed E-state index contributed by atoms with van der Waals surface area (Å²) in [6.45, 7) is 9.19. The third-order valence-electron chi connectivity index (χ3n) is 4.16. The van der Waals surface area contributed by atoms with Crippen LogP contribution in [0.4, 0.5) is 11.6 Å². The van der Waals surface area contributed by atoms with E-state index < -0.39 is 0 Å². The molecule has 0 atom stereocenters. The van der Waals surface area contributed by atoms with Crippen LogP contribution >= 0.6 is 0 Å². The molecular formula is C20H28N4O. The first-order chi connectivity index (χ1) is 12.0. The molecular weight excluding hydrogens is 312 g/mol. The Morgan fingerprint density at radius 1 is 1.08 bits per heavy atom. The summed E-state index contributed by atoms with van der Waals surface area (Å²) >= 11 is 0. The zero-order chi connectivity index (χ0) is 18.2. The Morgan fingerprint density at radius 3 is 2.20 bits per heavy atom. The summed E-state index contributed by atoms with van der Waals surface area (Å²) in [7, 11) is 0. The second-order valence-corrected chi connectivity index (χ2v) is 6.52. The molecule has 0 unspecified atom stereocenters. The molecule has 1 aromatic heterocycles. The lowest BCUT2D eigenvalue weighted by molar-refractivity contribution is 0.0951. The lowest BCUT2D eigenvalue weighted by atomic mass is 10.0. The van der Waals surface area contributed by atoms with Crippen molar-refractivity contribution in [2.24, 2.45) is 5.92 Å². The van der Waals surface area contributed by atoms with Crippen LogP contribution in [0.1, 0.15) is 55.6 Å². The van der Waals surface area contributed by atoms with E-state index in [1.807, 2.05) is 0 Å². The molecule has 0 saturated heterocycles. The van der Waals surface area contributed by atoms with E-state index >= 15 is 0 Å². The number of anilines is 2. The van der Waals surface area contributed by atoms with Gasteiger partial charge in [0.15, 0.2) is 0 Å². The van der Waals surface area contributed by atoms with E-state index in [1.54, 1.807) is 12.4 Å². The van der Waals surface area contributed by atoms with Gasteiger partial charge in [0.05, 0.1) is 5.56 Å². The first kappa shape index (κ1) is 18.9. The second kappa shape index (κ2) is 9.16. The fraction of sp³-hybridized carbons (Fsp3) is 0.450. The molecule has 2 N–H and O–H groups in total. The fourth-order valence-electron chi connectivity index (χ4n) is 2.60. The number of aromatic nitrogens is 2. The lowest BCUT2D eigenvalue weighted by Crippen LogP contribution is -2.25. The zero-order valence-electron chi connectivity index (χ0n) is 15.6. The van der Waals surface area contributed by atoms with Gasteiger partial charge in [0.25, 0.3) is 5.91 Å². The Labute approximate surface area is 150 Å². The second-order valence-electron chi connectivity index (χ2n) is 6.52. The fourth-order valence-corrected chi connectivity index (χ4v) is 2.60. The number of nitrogens with zero attached hydrogens (tertiary/aromatic N) is 2. The highest BCUT2D eigenvalue weighted by molar-refractivity contribution is 5.93. The highest BCUT2D eigenvalue weighted by atomic mass is 16.1. The van der Waals surface area contributed by atoms with Gasteiger partial charge in [-0.25, -0.2) is 9.97 Å². The molecule has 0 aliphatic carbocycles. The quantitative estimate of drug-likeness (QED) is 0.758. The Bertz CT molecular complexity index is 673. The molecule has 5 heteroatoms. The van der Waals surface area contributed by atoms with Crippen LogP contribution in [0.5, 0.6) is 0 Å². The molecule has 2 aromatic rings. The highest BCUT2D eigenvalue weighted by Gasteiger charge is 2.10. The van der Waals surface area contributed by atoms with Crippen molar-refractivity contribution in [3.8, 4) is 0 Å². The van der Waals surface area contributed by atoms with Crippen LogP contribution in [0.15, 0.2) is 30.6 Å². The van der Waals surface area contributed by atoms with Crippen LogP contribution in [0.2, 0.25) is 0 Å². The monoisotopic (exact) mass is 340 g/mol. The van der Waals surface area contributed by atoms with Gasteiger partial charge in [0, 0.05) is 24.6 Å². The summed E-state index contributed by atoms with van der Waals surface area (Å²) < 4.78 is 0. The molecule has 1 amide bonds. The number of carbonyl (C=O) groups excluding carboxylic acids is 1. The summed E-state index contributed by atoms with van der Waals surface area (Å²) in [5, 5.41) is 6.21. The van der Waals surface area contributed by atoms with Crippen molar-refractivity contribution in [2.45, 2.75) is 47.0 Å².